The molecule has 0 saturated carbocycles. The van der Waals surface area contributed by atoms with E-state index in [0.717, 1.165) is 24.9 Å². The number of rotatable bonds is 4. The van der Waals surface area contributed by atoms with Gasteiger partial charge in [-0.05, 0) is 29.5 Å². The Morgan fingerprint density at radius 3 is 2.31 bits per heavy atom. The number of amides is 2. The molecule has 2 heterocycles. The van der Waals surface area contributed by atoms with Crippen LogP contribution in [0.15, 0.2) is 60.3 Å². The fourth-order valence-corrected chi connectivity index (χ4v) is 3.83. The number of carbonyl (C=O) groups excluding carboxylic acids is 2. The normalized spacial score (nSPS) is 17.1. The molecule has 2 amide bonds. The molecule has 4 rings (SSSR count). The summed E-state index contributed by atoms with van der Waals surface area (Å²) >= 11 is 0. The molecule has 2 aliphatic rings. The number of carbonyl (C=O) groups is 2. The molecular formula is C22H22N2O2. The van der Waals surface area contributed by atoms with Gasteiger partial charge in [-0.2, -0.15) is 0 Å². The van der Waals surface area contributed by atoms with Crippen molar-refractivity contribution in [3.05, 3.63) is 77.0 Å². The Morgan fingerprint density at radius 2 is 1.58 bits per heavy atom. The number of hydrogen-bond acceptors (Lipinski definition) is 3. The maximum atomic E-state index is 13.1. The first-order valence-electron chi connectivity index (χ1n) is 9.18. The Morgan fingerprint density at radius 1 is 0.885 bits per heavy atom. The van der Waals surface area contributed by atoms with E-state index in [1.165, 1.54) is 16.0 Å². The van der Waals surface area contributed by atoms with Gasteiger partial charge in [-0.15, -0.1) is 0 Å². The van der Waals surface area contributed by atoms with Crippen molar-refractivity contribution in [1.29, 1.82) is 0 Å². The molecule has 0 fully saturated rings. The lowest BCUT2D eigenvalue weighted by Crippen LogP contribution is -2.37. The van der Waals surface area contributed by atoms with Crippen LogP contribution in [0, 0.1) is 0 Å². The van der Waals surface area contributed by atoms with Crippen molar-refractivity contribution >= 4 is 17.4 Å². The SMILES string of the molecule is CCCN1C(=O)C(c2ccccc2)=C(N2CCc3ccccc3C2)C1=O. The third kappa shape index (κ3) is 2.71. The summed E-state index contributed by atoms with van der Waals surface area (Å²) in [6, 6.07) is 17.9. The minimum Gasteiger partial charge on any atom is -0.362 e. The quantitative estimate of drug-likeness (QED) is 0.798. The van der Waals surface area contributed by atoms with Gasteiger partial charge in [0.25, 0.3) is 11.8 Å². The van der Waals surface area contributed by atoms with Gasteiger partial charge in [0.05, 0.1) is 5.57 Å². The number of fused-ring (bicyclic) bond motifs is 1. The highest BCUT2D eigenvalue weighted by Crippen LogP contribution is 2.34. The van der Waals surface area contributed by atoms with E-state index >= 15 is 0 Å². The maximum Gasteiger partial charge on any atom is 0.277 e. The number of hydrogen-bond donors (Lipinski definition) is 0. The molecule has 2 aromatic carbocycles. The van der Waals surface area contributed by atoms with Crippen LogP contribution >= 0.6 is 0 Å². The summed E-state index contributed by atoms with van der Waals surface area (Å²) in [5.74, 6) is -0.327. The molecule has 0 atom stereocenters. The molecule has 4 heteroatoms. The lowest BCUT2D eigenvalue weighted by molar-refractivity contribution is -0.137. The van der Waals surface area contributed by atoms with E-state index in [4.69, 9.17) is 0 Å². The standard InChI is InChI=1S/C22H22N2O2/c1-2-13-24-21(25)19(17-9-4-3-5-10-17)20(22(24)26)23-14-12-16-8-6-7-11-18(16)15-23/h3-11H,2,12-15H2,1H3. The molecule has 0 saturated heterocycles. The molecule has 2 aliphatic heterocycles. The summed E-state index contributed by atoms with van der Waals surface area (Å²) in [6.45, 7) is 3.86. The van der Waals surface area contributed by atoms with E-state index in [1.54, 1.807) is 0 Å². The van der Waals surface area contributed by atoms with Crippen LogP contribution < -0.4 is 0 Å². The predicted molar refractivity (Wildman–Crippen MR) is 101 cm³/mol. The highest BCUT2D eigenvalue weighted by molar-refractivity contribution is 6.35. The first kappa shape index (κ1) is 16.6. The van der Waals surface area contributed by atoms with Crippen molar-refractivity contribution < 1.29 is 9.59 Å². The van der Waals surface area contributed by atoms with E-state index in [0.29, 0.717) is 24.4 Å². The van der Waals surface area contributed by atoms with E-state index in [2.05, 4.69) is 23.1 Å². The van der Waals surface area contributed by atoms with Gasteiger partial charge in [-0.3, -0.25) is 14.5 Å². The van der Waals surface area contributed by atoms with Crippen molar-refractivity contribution in [2.75, 3.05) is 13.1 Å². The average Bonchev–Trinajstić information content (AvgIpc) is 2.93. The first-order valence-corrected chi connectivity index (χ1v) is 9.18. The molecule has 0 radical (unpaired) electrons. The summed E-state index contributed by atoms with van der Waals surface area (Å²) in [6.07, 6.45) is 1.65. The average molecular weight is 346 g/mol. The van der Waals surface area contributed by atoms with E-state index in [1.807, 2.05) is 43.3 Å². The van der Waals surface area contributed by atoms with Crippen molar-refractivity contribution in [2.45, 2.75) is 26.3 Å². The van der Waals surface area contributed by atoms with Gasteiger partial charge in [0.2, 0.25) is 0 Å². The Balaban J connectivity index is 1.78. The van der Waals surface area contributed by atoms with Crippen LogP contribution in [0.2, 0.25) is 0 Å². The minimum absolute atomic E-state index is 0.157. The Hall–Kier alpha value is -2.88. The Labute approximate surface area is 153 Å². The molecule has 0 spiro atoms. The molecule has 26 heavy (non-hydrogen) atoms. The first-order chi connectivity index (χ1) is 12.7. The van der Waals surface area contributed by atoms with Gasteiger partial charge < -0.3 is 4.90 Å². The summed E-state index contributed by atoms with van der Waals surface area (Å²) in [7, 11) is 0. The zero-order valence-electron chi connectivity index (χ0n) is 14.9. The molecule has 132 valence electrons. The lowest BCUT2D eigenvalue weighted by atomic mass is 9.98. The summed E-state index contributed by atoms with van der Waals surface area (Å²) in [5, 5.41) is 0. The van der Waals surface area contributed by atoms with Crippen molar-refractivity contribution in [3.8, 4) is 0 Å². The van der Waals surface area contributed by atoms with Crippen LogP contribution in [-0.2, 0) is 22.6 Å². The largest absolute Gasteiger partial charge is 0.362 e. The Bertz CT molecular complexity index is 886. The van der Waals surface area contributed by atoms with Crippen LogP contribution in [0.1, 0.15) is 30.0 Å². The monoisotopic (exact) mass is 346 g/mol. The van der Waals surface area contributed by atoms with E-state index in [9.17, 15) is 9.59 Å². The molecular weight excluding hydrogens is 324 g/mol. The second kappa shape index (κ2) is 6.79. The fourth-order valence-electron chi connectivity index (χ4n) is 3.83. The second-order valence-electron chi connectivity index (χ2n) is 6.79. The molecule has 4 nitrogen and oxygen atoms in total. The highest BCUT2D eigenvalue weighted by Gasteiger charge is 2.41. The van der Waals surface area contributed by atoms with Gasteiger partial charge in [0.15, 0.2) is 0 Å². The zero-order valence-corrected chi connectivity index (χ0v) is 14.9. The summed E-state index contributed by atoms with van der Waals surface area (Å²) in [5.41, 5.74) is 4.48. The van der Waals surface area contributed by atoms with Gasteiger partial charge in [-0.25, -0.2) is 0 Å². The highest BCUT2D eigenvalue weighted by atomic mass is 16.2. The van der Waals surface area contributed by atoms with Crippen LogP contribution in [0.25, 0.3) is 5.57 Å². The predicted octanol–water partition coefficient (Wildman–Crippen LogP) is 3.23. The maximum absolute atomic E-state index is 13.1. The molecule has 0 bridgehead atoms. The van der Waals surface area contributed by atoms with Gasteiger partial charge >= 0.3 is 0 Å². The summed E-state index contributed by atoms with van der Waals surface area (Å²) < 4.78 is 0. The topological polar surface area (TPSA) is 40.6 Å². The van der Waals surface area contributed by atoms with Crippen LogP contribution in [0.4, 0.5) is 0 Å². The molecule has 0 N–H and O–H groups in total. The van der Waals surface area contributed by atoms with Crippen LogP contribution in [0.5, 0.6) is 0 Å². The molecule has 0 unspecified atom stereocenters. The van der Waals surface area contributed by atoms with E-state index < -0.39 is 0 Å². The molecule has 0 aromatic heterocycles. The zero-order chi connectivity index (χ0) is 18.1. The third-order valence-corrected chi connectivity index (χ3v) is 5.10. The minimum atomic E-state index is -0.170. The van der Waals surface area contributed by atoms with Crippen LogP contribution in [0.3, 0.4) is 0 Å². The van der Waals surface area contributed by atoms with Crippen LogP contribution in [-0.4, -0.2) is 34.7 Å². The Kier molecular flexibility index (Phi) is 4.33. The second-order valence-corrected chi connectivity index (χ2v) is 6.79. The van der Waals surface area contributed by atoms with E-state index in [-0.39, 0.29) is 11.8 Å². The number of imide groups is 1. The molecule has 0 aliphatic carbocycles. The van der Waals surface area contributed by atoms with Gasteiger partial charge in [-0.1, -0.05) is 61.5 Å². The van der Waals surface area contributed by atoms with Gasteiger partial charge in [0.1, 0.15) is 5.70 Å². The lowest BCUT2D eigenvalue weighted by Gasteiger charge is -2.31. The number of nitrogens with zero attached hydrogens (tertiary/aromatic N) is 2. The fraction of sp³-hybridized carbons (Fsp3) is 0.273. The smallest absolute Gasteiger partial charge is 0.277 e. The molecule has 2 aromatic rings. The van der Waals surface area contributed by atoms with Gasteiger partial charge in [0, 0.05) is 19.6 Å². The van der Waals surface area contributed by atoms with Crippen molar-refractivity contribution in [3.63, 3.8) is 0 Å². The third-order valence-electron chi connectivity index (χ3n) is 5.10. The summed E-state index contributed by atoms with van der Waals surface area (Å²) in [4.78, 5) is 29.6. The van der Waals surface area contributed by atoms with Crippen molar-refractivity contribution in [2.24, 2.45) is 0 Å². The number of benzene rings is 2. The van der Waals surface area contributed by atoms with Crippen molar-refractivity contribution in [1.82, 2.24) is 9.80 Å².